The molecule has 1 fully saturated rings. The van der Waals surface area contributed by atoms with E-state index in [-0.39, 0.29) is 12.5 Å². The molecule has 162 valence electrons. The number of aliphatic hydroxyl groups is 1. The first kappa shape index (κ1) is 21.5. The fourth-order valence-electron chi connectivity index (χ4n) is 4.02. The highest BCUT2D eigenvalue weighted by molar-refractivity contribution is 6.34. The average molecular weight is 440 g/mol. The second kappa shape index (κ2) is 9.16. The first-order chi connectivity index (χ1) is 15.0. The molecule has 0 atom stereocenters. The monoisotopic (exact) mass is 439 g/mol. The molecule has 2 aromatic heterocycles. The average Bonchev–Trinajstić information content (AvgIpc) is 3.03. The second-order valence-corrected chi connectivity index (χ2v) is 8.57. The molecule has 1 aliphatic carbocycles. The van der Waals surface area contributed by atoms with E-state index in [9.17, 15) is 9.90 Å². The van der Waals surface area contributed by atoms with Crippen LogP contribution in [-0.4, -0.2) is 42.9 Å². The first-order valence-electron chi connectivity index (χ1n) is 10.6. The third-order valence-corrected chi connectivity index (χ3v) is 6.12. The number of aromatic nitrogens is 4. The molecular formula is C23H26ClN5O2. The van der Waals surface area contributed by atoms with Crippen LogP contribution in [0.2, 0.25) is 5.02 Å². The lowest BCUT2D eigenvalue weighted by molar-refractivity contribution is 0.0246. The van der Waals surface area contributed by atoms with Crippen molar-refractivity contribution >= 4 is 17.5 Å². The van der Waals surface area contributed by atoms with Crippen molar-refractivity contribution in [2.75, 3.05) is 6.54 Å². The van der Waals surface area contributed by atoms with Crippen molar-refractivity contribution in [3.63, 3.8) is 0 Å². The van der Waals surface area contributed by atoms with E-state index >= 15 is 0 Å². The standard InChI is InChI=1S/C23H26ClN5O2/c1-16-12-20(28-29(16)21-8-11-25-15-27-21)17-6-7-19(24)18(13-17)22(30)26-14-23(31)9-4-2-3-5-10-23/h6-8,11-13,15,31H,2-5,9-10,14H2,1H3,(H,26,30). The number of benzene rings is 1. The lowest BCUT2D eigenvalue weighted by Crippen LogP contribution is -2.42. The van der Waals surface area contributed by atoms with Gasteiger partial charge in [-0.25, -0.2) is 14.6 Å². The molecule has 2 heterocycles. The topological polar surface area (TPSA) is 92.9 Å². The van der Waals surface area contributed by atoms with Crippen molar-refractivity contribution in [3.8, 4) is 17.1 Å². The quantitative estimate of drug-likeness (QED) is 0.583. The molecule has 1 saturated carbocycles. The zero-order valence-corrected chi connectivity index (χ0v) is 18.3. The van der Waals surface area contributed by atoms with Crippen LogP contribution in [0.4, 0.5) is 0 Å². The van der Waals surface area contributed by atoms with E-state index in [0.717, 1.165) is 36.9 Å². The number of amides is 1. The molecule has 31 heavy (non-hydrogen) atoms. The van der Waals surface area contributed by atoms with Crippen LogP contribution in [0.1, 0.15) is 54.6 Å². The molecule has 1 aromatic carbocycles. The Kier molecular flexibility index (Phi) is 6.34. The molecule has 0 aliphatic heterocycles. The number of nitrogens with zero attached hydrogens (tertiary/aromatic N) is 4. The number of rotatable bonds is 5. The second-order valence-electron chi connectivity index (χ2n) is 8.17. The summed E-state index contributed by atoms with van der Waals surface area (Å²) >= 11 is 6.33. The highest BCUT2D eigenvalue weighted by Gasteiger charge is 2.28. The van der Waals surface area contributed by atoms with E-state index in [4.69, 9.17) is 11.6 Å². The van der Waals surface area contributed by atoms with Crippen molar-refractivity contribution in [2.24, 2.45) is 0 Å². The Bertz CT molecular complexity index is 1060. The predicted molar refractivity (Wildman–Crippen MR) is 119 cm³/mol. The van der Waals surface area contributed by atoms with Gasteiger partial charge in [0.25, 0.3) is 5.91 Å². The van der Waals surface area contributed by atoms with E-state index < -0.39 is 5.60 Å². The highest BCUT2D eigenvalue weighted by Crippen LogP contribution is 2.28. The third-order valence-electron chi connectivity index (χ3n) is 5.79. The zero-order valence-electron chi connectivity index (χ0n) is 17.5. The Morgan fingerprint density at radius 2 is 1.97 bits per heavy atom. The molecule has 1 amide bonds. The lowest BCUT2D eigenvalue weighted by atomic mass is 9.94. The van der Waals surface area contributed by atoms with Crippen LogP contribution in [0.15, 0.2) is 42.9 Å². The SMILES string of the molecule is Cc1cc(-c2ccc(Cl)c(C(=O)NCC3(O)CCCCCC3)c2)nn1-c1ccncn1. The van der Waals surface area contributed by atoms with Gasteiger partial charge in [0.15, 0.2) is 5.82 Å². The Morgan fingerprint density at radius 1 is 1.19 bits per heavy atom. The number of nitrogens with one attached hydrogen (secondary N) is 1. The number of hydrogen-bond acceptors (Lipinski definition) is 5. The number of aryl methyl sites for hydroxylation is 1. The van der Waals surface area contributed by atoms with Crippen LogP contribution in [0.5, 0.6) is 0 Å². The van der Waals surface area contributed by atoms with Crippen LogP contribution in [0.3, 0.4) is 0 Å². The minimum Gasteiger partial charge on any atom is -0.388 e. The maximum atomic E-state index is 12.9. The third kappa shape index (κ3) is 4.94. The van der Waals surface area contributed by atoms with Gasteiger partial charge in [-0.05, 0) is 38.0 Å². The summed E-state index contributed by atoms with van der Waals surface area (Å²) in [6, 6.07) is 8.99. The summed E-state index contributed by atoms with van der Waals surface area (Å²) in [6.07, 6.45) is 8.78. The van der Waals surface area contributed by atoms with E-state index in [1.54, 1.807) is 29.1 Å². The van der Waals surface area contributed by atoms with E-state index in [1.807, 2.05) is 19.1 Å². The van der Waals surface area contributed by atoms with Crippen molar-refractivity contribution in [1.29, 1.82) is 0 Å². The molecule has 0 bridgehead atoms. The Hall–Kier alpha value is -2.77. The normalized spacial score (nSPS) is 16.0. The molecule has 8 heteroatoms. The van der Waals surface area contributed by atoms with E-state index in [1.165, 1.54) is 6.33 Å². The van der Waals surface area contributed by atoms with Gasteiger partial charge in [0.1, 0.15) is 6.33 Å². The molecule has 2 N–H and O–H groups in total. The lowest BCUT2D eigenvalue weighted by Gasteiger charge is -2.26. The van der Waals surface area contributed by atoms with Gasteiger partial charge in [-0.2, -0.15) is 5.10 Å². The van der Waals surface area contributed by atoms with E-state index in [2.05, 4.69) is 20.4 Å². The zero-order chi connectivity index (χ0) is 21.8. The fourth-order valence-corrected chi connectivity index (χ4v) is 4.22. The summed E-state index contributed by atoms with van der Waals surface area (Å²) in [5.41, 5.74) is 1.92. The minimum atomic E-state index is -0.844. The predicted octanol–water partition coefficient (Wildman–Crippen LogP) is 4.11. The number of carbonyl (C=O) groups excluding carboxylic acids is 1. The van der Waals surface area contributed by atoms with Crippen LogP contribution in [0.25, 0.3) is 17.1 Å². The summed E-state index contributed by atoms with van der Waals surface area (Å²) in [7, 11) is 0. The van der Waals surface area contributed by atoms with Gasteiger partial charge in [-0.15, -0.1) is 0 Å². The molecule has 0 radical (unpaired) electrons. The molecule has 7 nitrogen and oxygen atoms in total. The van der Waals surface area contributed by atoms with Crippen molar-refractivity contribution in [3.05, 3.63) is 59.1 Å². The van der Waals surface area contributed by atoms with Gasteiger partial charge in [-0.1, -0.05) is 43.4 Å². The van der Waals surface area contributed by atoms with Crippen molar-refractivity contribution in [1.82, 2.24) is 25.1 Å². The number of carbonyl (C=O) groups is 1. The number of halogens is 1. The van der Waals surface area contributed by atoms with Crippen LogP contribution in [-0.2, 0) is 0 Å². The molecule has 0 unspecified atom stereocenters. The minimum absolute atomic E-state index is 0.230. The molecule has 3 aromatic rings. The van der Waals surface area contributed by atoms with Crippen LogP contribution in [0, 0.1) is 6.92 Å². The smallest absolute Gasteiger partial charge is 0.252 e. The van der Waals surface area contributed by atoms with Gasteiger partial charge in [0.05, 0.1) is 21.9 Å². The van der Waals surface area contributed by atoms with Gasteiger partial charge in [-0.3, -0.25) is 4.79 Å². The summed E-state index contributed by atoms with van der Waals surface area (Å²) in [4.78, 5) is 21.0. The van der Waals surface area contributed by atoms with E-state index in [0.29, 0.717) is 34.9 Å². The highest BCUT2D eigenvalue weighted by atomic mass is 35.5. The van der Waals surface area contributed by atoms with Gasteiger partial charge >= 0.3 is 0 Å². The summed E-state index contributed by atoms with van der Waals surface area (Å²) in [6.45, 7) is 2.17. The van der Waals surface area contributed by atoms with Crippen molar-refractivity contribution in [2.45, 2.75) is 51.0 Å². The number of hydrogen-bond donors (Lipinski definition) is 2. The Labute approximate surface area is 186 Å². The molecule has 4 rings (SSSR count). The molecule has 1 aliphatic rings. The Balaban J connectivity index is 1.54. The molecule has 0 saturated heterocycles. The molecular weight excluding hydrogens is 414 g/mol. The maximum absolute atomic E-state index is 12.9. The fraction of sp³-hybridized carbons (Fsp3) is 0.391. The summed E-state index contributed by atoms with van der Waals surface area (Å²) in [5, 5.41) is 18.7. The van der Waals surface area contributed by atoms with Crippen LogP contribution >= 0.6 is 11.6 Å². The molecule has 0 spiro atoms. The van der Waals surface area contributed by atoms with Gasteiger partial charge in [0, 0.05) is 30.1 Å². The first-order valence-corrected chi connectivity index (χ1v) is 11.0. The van der Waals surface area contributed by atoms with Crippen molar-refractivity contribution < 1.29 is 9.90 Å². The van der Waals surface area contributed by atoms with Gasteiger partial charge < -0.3 is 10.4 Å². The Morgan fingerprint density at radius 3 is 2.68 bits per heavy atom. The van der Waals surface area contributed by atoms with Crippen LogP contribution < -0.4 is 5.32 Å². The summed E-state index contributed by atoms with van der Waals surface area (Å²) in [5.74, 6) is 0.374. The maximum Gasteiger partial charge on any atom is 0.252 e. The largest absolute Gasteiger partial charge is 0.388 e. The van der Waals surface area contributed by atoms with Gasteiger partial charge in [0.2, 0.25) is 0 Å². The summed E-state index contributed by atoms with van der Waals surface area (Å²) < 4.78 is 1.73.